The molecule has 20 heavy (non-hydrogen) atoms. The van der Waals surface area contributed by atoms with Gasteiger partial charge in [-0.05, 0) is 54.9 Å². The fourth-order valence-corrected chi connectivity index (χ4v) is 3.45. The molecule has 0 spiro atoms. The Kier molecular flexibility index (Phi) is 4.02. The van der Waals surface area contributed by atoms with Gasteiger partial charge in [-0.25, -0.2) is 0 Å². The van der Waals surface area contributed by atoms with Gasteiger partial charge >= 0.3 is 0 Å². The van der Waals surface area contributed by atoms with Crippen LogP contribution < -0.4 is 5.32 Å². The molecule has 3 rings (SSSR count). The Morgan fingerprint density at radius 2 is 2.10 bits per heavy atom. The minimum Gasteiger partial charge on any atom is -0.310 e. The standard InChI is InChI=1S/C18H24N2/c1-13-5-7-17(14(2)10-13)20-12-15-6-8-18-16(11-15)4-3-9-19-18/h3-4,6,8-9,11,13-14,17,20H,5,7,10,12H2,1-2H3. The molecule has 1 aromatic carbocycles. The van der Waals surface area contributed by atoms with Crippen molar-refractivity contribution in [1.82, 2.24) is 10.3 Å². The minimum absolute atomic E-state index is 0.677. The Morgan fingerprint density at radius 1 is 1.20 bits per heavy atom. The van der Waals surface area contributed by atoms with Crippen LogP contribution in [0.2, 0.25) is 0 Å². The maximum atomic E-state index is 4.37. The molecule has 2 nitrogen and oxygen atoms in total. The Morgan fingerprint density at radius 3 is 2.95 bits per heavy atom. The van der Waals surface area contributed by atoms with Gasteiger partial charge in [0.15, 0.2) is 0 Å². The molecule has 1 fully saturated rings. The molecule has 0 radical (unpaired) electrons. The van der Waals surface area contributed by atoms with E-state index < -0.39 is 0 Å². The molecule has 1 aliphatic carbocycles. The van der Waals surface area contributed by atoms with Crippen LogP contribution in [0.4, 0.5) is 0 Å². The highest BCUT2D eigenvalue weighted by atomic mass is 14.9. The normalized spacial score (nSPS) is 26.8. The number of benzene rings is 1. The average molecular weight is 268 g/mol. The van der Waals surface area contributed by atoms with Gasteiger partial charge < -0.3 is 5.32 Å². The third-order valence-electron chi connectivity index (χ3n) is 4.67. The molecule has 1 N–H and O–H groups in total. The Labute approximate surface area is 121 Å². The maximum Gasteiger partial charge on any atom is 0.0702 e. The van der Waals surface area contributed by atoms with E-state index in [4.69, 9.17) is 0 Å². The smallest absolute Gasteiger partial charge is 0.0702 e. The molecule has 0 bridgehead atoms. The van der Waals surface area contributed by atoms with Gasteiger partial charge in [0.05, 0.1) is 5.52 Å². The van der Waals surface area contributed by atoms with Crippen molar-refractivity contribution in [2.24, 2.45) is 11.8 Å². The van der Waals surface area contributed by atoms with Crippen LogP contribution in [0.5, 0.6) is 0 Å². The first-order valence-electron chi connectivity index (χ1n) is 7.79. The molecular formula is C18H24N2. The summed E-state index contributed by atoms with van der Waals surface area (Å²) in [7, 11) is 0. The van der Waals surface area contributed by atoms with Crippen molar-refractivity contribution in [3.05, 3.63) is 42.1 Å². The number of hydrogen-bond donors (Lipinski definition) is 1. The zero-order valence-electron chi connectivity index (χ0n) is 12.5. The van der Waals surface area contributed by atoms with Crippen LogP contribution in [-0.4, -0.2) is 11.0 Å². The molecule has 3 atom stereocenters. The van der Waals surface area contributed by atoms with Crippen molar-refractivity contribution in [2.45, 2.75) is 45.7 Å². The lowest BCUT2D eigenvalue weighted by Crippen LogP contribution is -2.38. The summed E-state index contributed by atoms with van der Waals surface area (Å²) in [5.41, 5.74) is 2.44. The van der Waals surface area contributed by atoms with Gasteiger partial charge in [0.1, 0.15) is 0 Å². The molecule has 1 aliphatic rings. The van der Waals surface area contributed by atoms with Crippen LogP contribution in [-0.2, 0) is 6.54 Å². The van der Waals surface area contributed by atoms with Gasteiger partial charge in [-0.1, -0.05) is 26.0 Å². The van der Waals surface area contributed by atoms with Crippen molar-refractivity contribution < 1.29 is 0 Å². The fraction of sp³-hybridized carbons (Fsp3) is 0.500. The van der Waals surface area contributed by atoms with E-state index in [0.29, 0.717) is 6.04 Å². The summed E-state index contributed by atoms with van der Waals surface area (Å²) < 4.78 is 0. The third kappa shape index (κ3) is 3.01. The number of nitrogens with one attached hydrogen (secondary N) is 1. The van der Waals surface area contributed by atoms with Crippen LogP contribution in [0, 0.1) is 11.8 Å². The topological polar surface area (TPSA) is 24.9 Å². The molecule has 1 saturated carbocycles. The highest BCUT2D eigenvalue weighted by molar-refractivity contribution is 5.78. The number of nitrogens with zero attached hydrogens (tertiary/aromatic N) is 1. The predicted octanol–water partition coefficient (Wildman–Crippen LogP) is 4.15. The molecule has 2 heteroatoms. The predicted molar refractivity (Wildman–Crippen MR) is 84.5 cm³/mol. The number of fused-ring (bicyclic) bond motifs is 1. The number of pyridine rings is 1. The van der Waals surface area contributed by atoms with Gasteiger partial charge in [-0.3, -0.25) is 4.98 Å². The lowest BCUT2D eigenvalue weighted by Gasteiger charge is -2.33. The van der Waals surface area contributed by atoms with Crippen LogP contribution in [0.3, 0.4) is 0 Å². The summed E-state index contributed by atoms with van der Waals surface area (Å²) in [6.45, 7) is 5.73. The van der Waals surface area contributed by atoms with Crippen molar-refractivity contribution >= 4 is 10.9 Å². The highest BCUT2D eigenvalue weighted by Crippen LogP contribution is 2.28. The summed E-state index contributed by atoms with van der Waals surface area (Å²) >= 11 is 0. The van der Waals surface area contributed by atoms with Gasteiger partial charge in [-0.2, -0.15) is 0 Å². The fourth-order valence-electron chi connectivity index (χ4n) is 3.45. The zero-order chi connectivity index (χ0) is 13.9. The minimum atomic E-state index is 0.677. The lowest BCUT2D eigenvalue weighted by atomic mass is 9.80. The first-order valence-corrected chi connectivity index (χ1v) is 7.79. The van der Waals surface area contributed by atoms with E-state index in [2.05, 4.69) is 48.4 Å². The lowest BCUT2D eigenvalue weighted by molar-refractivity contribution is 0.227. The monoisotopic (exact) mass is 268 g/mol. The second-order valence-electron chi connectivity index (χ2n) is 6.41. The molecule has 3 unspecified atom stereocenters. The van der Waals surface area contributed by atoms with Crippen LogP contribution in [0.15, 0.2) is 36.5 Å². The second-order valence-corrected chi connectivity index (χ2v) is 6.41. The summed E-state index contributed by atoms with van der Waals surface area (Å²) in [4.78, 5) is 4.37. The van der Waals surface area contributed by atoms with Gasteiger partial charge in [0.2, 0.25) is 0 Å². The van der Waals surface area contributed by atoms with E-state index in [-0.39, 0.29) is 0 Å². The molecule has 1 heterocycles. The van der Waals surface area contributed by atoms with Crippen molar-refractivity contribution in [3.8, 4) is 0 Å². The van der Waals surface area contributed by atoms with Crippen LogP contribution >= 0.6 is 0 Å². The number of hydrogen-bond acceptors (Lipinski definition) is 2. The number of aromatic nitrogens is 1. The van der Waals surface area contributed by atoms with E-state index in [9.17, 15) is 0 Å². The highest BCUT2D eigenvalue weighted by Gasteiger charge is 2.24. The van der Waals surface area contributed by atoms with Crippen molar-refractivity contribution in [3.63, 3.8) is 0 Å². The van der Waals surface area contributed by atoms with Gasteiger partial charge in [-0.15, -0.1) is 0 Å². The van der Waals surface area contributed by atoms with Gasteiger partial charge in [0.25, 0.3) is 0 Å². The second kappa shape index (κ2) is 5.92. The average Bonchev–Trinajstić information content (AvgIpc) is 2.46. The third-order valence-corrected chi connectivity index (χ3v) is 4.67. The van der Waals surface area contributed by atoms with Crippen LogP contribution in [0.1, 0.15) is 38.7 Å². The Balaban J connectivity index is 1.65. The molecule has 106 valence electrons. The van der Waals surface area contributed by atoms with Crippen molar-refractivity contribution in [2.75, 3.05) is 0 Å². The summed E-state index contributed by atoms with van der Waals surface area (Å²) in [5, 5.41) is 4.99. The summed E-state index contributed by atoms with van der Waals surface area (Å²) in [6.07, 6.45) is 5.89. The molecule has 0 amide bonds. The largest absolute Gasteiger partial charge is 0.310 e. The van der Waals surface area contributed by atoms with E-state index in [1.54, 1.807) is 0 Å². The van der Waals surface area contributed by atoms with E-state index in [1.165, 1.54) is 30.2 Å². The SMILES string of the molecule is CC1CCC(NCc2ccc3ncccc3c2)C(C)C1. The van der Waals surface area contributed by atoms with E-state index in [1.807, 2.05) is 12.3 Å². The first kappa shape index (κ1) is 13.6. The summed E-state index contributed by atoms with van der Waals surface area (Å²) in [6, 6.07) is 11.4. The molecule has 2 aromatic rings. The van der Waals surface area contributed by atoms with E-state index in [0.717, 1.165) is 23.9 Å². The zero-order valence-corrected chi connectivity index (χ0v) is 12.5. The van der Waals surface area contributed by atoms with Crippen molar-refractivity contribution in [1.29, 1.82) is 0 Å². The summed E-state index contributed by atoms with van der Waals surface area (Å²) in [5.74, 6) is 1.69. The Hall–Kier alpha value is -1.41. The first-order chi connectivity index (χ1) is 9.72. The molecule has 0 aliphatic heterocycles. The number of rotatable bonds is 3. The van der Waals surface area contributed by atoms with Crippen LogP contribution in [0.25, 0.3) is 10.9 Å². The molecule has 1 aromatic heterocycles. The van der Waals surface area contributed by atoms with Gasteiger partial charge in [0, 0.05) is 24.2 Å². The molecule has 0 saturated heterocycles. The molecular weight excluding hydrogens is 244 g/mol. The Bertz CT molecular complexity index is 578. The quantitative estimate of drug-likeness (QED) is 0.904. The maximum absolute atomic E-state index is 4.37. The van der Waals surface area contributed by atoms with E-state index >= 15 is 0 Å².